The van der Waals surface area contributed by atoms with E-state index in [0.717, 1.165) is 18.2 Å². The number of carboxylic acids is 1. The molecule has 5 nitrogen and oxygen atoms in total. The summed E-state index contributed by atoms with van der Waals surface area (Å²) in [6, 6.07) is 5.29. The van der Waals surface area contributed by atoms with E-state index in [4.69, 9.17) is 16.7 Å². The van der Waals surface area contributed by atoms with E-state index in [1.54, 1.807) is 0 Å². The van der Waals surface area contributed by atoms with Crippen molar-refractivity contribution in [3.63, 3.8) is 0 Å². The number of hydrogen-bond acceptors (Lipinski definition) is 2. The van der Waals surface area contributed by atoms with Crippen molar-refractivity contribution < 1.29 is 19.1 Å². The topological polar surface area (TPSA) is 82.2 Å². The van der Waals surface area contributed by atoms with E-state index < -0.39 is 17.7 Å². The van der Waals surface area contributed by atoms with Crippen molar-refractivity contribution in [3.8, 4) is 0 Å². The molecule has 21 heavy (non-hydrogen) atoms. The number of anilines is 1. The summed E-state index contributed by atoms with van der Waals surface area (Å²) >= 11 is 5.70. The summed E-state index contributed by atoms with van der Waals surface area (Å²) < 4.78 is 13.5. The van der Waals surface area contributed by atoms with Gasteiger partial charge in [0.25, 0.3) is 5.91 Å². The minimum absolute atomic E-state index is 0.0553. The summed E-state index contributed by atoms with van der Waals surface area (Å²) in [5.74, 6) is -2.22. The molecule has 2 rings (SSSR count). The minimum atomic E-state index is -1.19. The van der Waals surface area contributed by atoms with Gasteiger partial charge in [0.2, 0.25) is 0 Å². The lowest BCUT2D eigenvalue weighted by Crippen LogP contribution is -2.12. The third-order valence-corrected chi connectivity index (χ3v) is 2.77. The summed E-state index contributed by atoms with van der Waals surface area (Å²) in [5, 5.41) is 11.5. The predicted molar refractivity (Wildman–Crippen MR) is 76.8 cm³/mol. The monoisotopic (exact) mass is 308 g/mol. The van der Waals surface area contributed by atoms with E-state index in [1.165, 1.54) is 24.4 Å². The number of hydrogen-bond donors (Lipinski definition) is 3. The molecule has 0 spiro atoms. The van der Waals surface area contributed by atoms with Crippen LogP contribution in [0.25, 0.3) is 6.08 Å². The lowest BCUT2D eigenvalue weighted by molar-refractivity contribution is -0.131. The third kappa shape index (κ3) is 3.93. The van der Waals surface area contributed by atoms with Crippen LogP contribution in [-0.4, -0.2) is 22.0 Å². The SMILES string of the molecule is O=C(O)/C=C/c1cc(NC(=O)c2cc(Cl)c[nH]2)ccc1F. The van der Waals surface area contributed by atoms with Crippen molar-refractivity contribution in [2.75, 3.05) is 5.32 Å². The molecule has 1 amide bonds. The molecule has 0 atom stereocenters. The molecular weight excluding hydrogens is 299 g/mol. The van der Waals surface area contributed by atoms with Crippen molar-refractivity contribution in [3.05, 3.63) is 58.6 Å². The number of carbonyl (C=O) groups excluding carboxylic acids is 1. The highest BCUT2D eigenvalue weighted by atomic mass is 35.5. The first-order valence-electron chi connectivity index (χ1n) is 5.81. The highest BCUT2D eigenvalue weighted by Crippen LogP contribution is 2.18. The van der Waals surface area contributed by atoms with Gasteiger partial charge in [-0.05, 0) is 30.3 Å². The van der Waals surface area contributed by atoms with Crippen LogP contribution in [0, 0.1) is 5.82 Å². The van der Waals surface area contributed by atoms with Crippen molar-refractivity contribution in [2.24, 2.45) is 0 Å². The normalized spacial score (nSPS) is 10.8. The first kappa shape index (κ1) is 14.8. The van der Waals surface area contributed by atoms with Crippen LogP contribution in [0.3, 0.4) is 0 Å². The molecule has 0 saturated heterocycles. The molecule has 1 aromatic carbocycles. The van der Waals surface area contributed by atoms with Gasteiger partial charge < -0.3 is 15.4 Å². The van der Waals surface area contributed by atoms with E-state index in [0.29, 0.717) is 10.7 Å². The van der Waals surface area contributed by atoms with Gasteiger partial charge in [-0.3, -0.25) is 4.79 Å². The summed E-state index contributed by atoms with van der Waals surface area (Å²) in [4.78, 5) is 25.0. The predicted octanol–water partition coefficient (Wildman–Crippen LogP) is 3.16. The number of amides is 1. The quantitative estimate of drug-likeness (QED) is 0.759. The van der Waals surface area contributed by atoms with Crippen LogP contribution in [0.4, 0.5) is 10.1 Å². The van der Waals surface area contributed by atoms with Crippen molar-refractivity contribution in [1.29, 1.82) is 0 Å². The first-order valence-corrected chi connectivity index (χ1v) is 6.19. The molecule has 0 aliphatic rings. The maximum absolute atomic E-state index is 13.5. The number of carbonyl (C=O) groups is 2. The number of aromatic nitrogens is 1. The number of H-pyrrole nitrogens is 1. The summed E-state index contributed by atoms with van der Waals surface area (Å²) in [6.07, 6.45) is 3.38. The Bertz CT molecular complexity index is 725. The Kier molecular flexibility index (Phi) is 4.39. The molecule has 0 fully saturated rings. The van der Waals surface area contributed by atoms with E-state index >= 15 is 0 Å². The van der Waals surface area contributed by atoms with Gasteiger partial charge in [0, 0.05) is 23.5 Å². The van der Waals surface area contributed by atoms with Gasteiger partial charge in [0.1, 0.15) is 11.5 Å². The smallest absolute Gasteiger partial charge is 0.328 e. The van der Waals surface area contributed by atoms with E-state index in [2.05, 4.69) is 10.3 Å². The molecule has 3 N–H and O–H groups in total. The lowest BCUT2D eigenvalue weighted by atomic mass is 10.1. The second-order valence-electron chi connectivity index (χ2n) is 4.09. The molecule has 108 valence electrons. The molecule has 0 radical (unpaired) electrons. The molecule has 1 heterocycles. The molecule has 2 aromatic rings. The number of benzene rings is 1. The maximum atomic E-state index is 13.5. The second-order valence-corrected chi connectivity index (χ2v) is 4.53. The molecule has 1 aromatic heterocycles. The largest absolute Gasteiger partial charge is 0.478 e. The van der Waals surface area contributed by atoms with Crippen LogP contribution >= 0.6 is 11.6 Å². The number of halogens is 2. The van der Waals surface area contributed by atoms with Gasteiger partial charge in [0.05, 0.1) is 5.02 Å². The Morgan fingerprint density at radius 3 is 2.71 bits per heavy atom. The van der Waals surface area contributed by atoms with E-state index in [1.807, 2.05) is 0 Å². The van der Waals surface area contributed by atoms with Gasteiger partial charge >= 0.3 is 5.97 Å². The van der Waals surface area contributed by atoms with Gasteiger partial charge in [-0.25, -0.2) is 9.18 Å². The fourth-order valence-corrected chi connectivity index (χ4v) is 1.77. The molecule has 0 saturated carbocycles. The lowest BCUT2D eigenvalue weighted by Gasteiger charge is -2.05. The molecular formula is C14H10ClFN2O3. The first-order chi connectivity index (χ1) is 9.95. The molecule has 0 aliphatic carbocycles. The number of carboxylic acid groups (broad SMARTS) is 1. The minimum Gasteiger partial charge on any atom is -0.478 e. The van der Waals surface area contributed by atoms with Crippen LogP contribution in [0.2, 0.25) is 5.02 Å². The van der Waals surface area contributed by atoms with Crippen LogP contribution in [0.1, 0.15) is 16.1 Å². The van der Waals surface area contributed by atoms with E-state index in [-0.39, 0.29) is 11.3 Å². The van der Waals surface area contributed by atoms with Crippen LogP contribution in [0.5, 0.6) is 0 Å². The van der Waals surface area contributed by atoms with Crippen LogP contribution in [-0.2, 0) is 4.79 Å². The summed E-state index contributed by atoms with van der Waals surface area (Å²) in [6.45, 7) is 0. The van der Waals surface area contributed by atoms with Gasteiger partial charge in [-0.2, -0.15) is 0 Å². The zero-order valence-electron chi connectivity index (χ0n) is 10.6. The Morgan fingerprint density at radius 1 is 1.33 bits per heavy atom. The highest BCUT2D eigenvalue weighted by molar-refractivity contribution is 6.31. The Hall–Kier alpha value is -2.60. The van der Waals surface area contributed by atoms with Crippen molar-refractivity contribution in [2.45, 2.75) is 0 Å². The van der Waals surface area contributed by atoms with Crippen molar-refractivity contribution in [1.82, 2.24) is 4.98 Å². The van der Waals surface area contributed by atoms with Crippen LogP contribution < -0.4 is 5.32 Å². The molecule has 7 heteroatoms. The molecule has 0 unspecified atom stereocenters. The second kappa shape index (κ2) is 6.23. The zero-order valence-corrected chi connectivity index (χ0v) is 11.3. The summed E-state index contributed by atoms with van der Waals surface area (Å²) in [7, 11) is 0. The standard InChI is InChI=1S/C14H10ClFN2O3/c15-9-6-12(17-7-9)14(21)18-10-2-3-11(16)8(5-10)1-4-13(19)20/h1-7,17H,(H,18,21)(H,19,20)/b4-1+. The molecule has 0 bridgehead atoms. The molecule has 0 aliphatic heterocycles. The number of rotatable bonds is 4. The summed E-state index contributed by atoms with van der Waals surface area (Å²) in [5.41, 5.74) is 0.642. The Balaban J connectivity index is 2.19. The Labute approximate surface area is 124 Å². The van der Waals surface area contributed by atoms with Crippen LogP contribution in [0.15, 0.2) is 36.5 Å². The van der Waals surface area contributed by atoms with E-state index in [9.17, 15) is 14.0 Å². The van der Waals surface area contributed by atoms with Gasteiger partial charge in [0.15, 0.2) is 0 Å². The number of aromatic amines is 1. The third-order valence-electron chi connectivity index (χ3n) is 2.55. The fourth-order valence-electron chi connectivity index (χ4n) is 1.61. The Morgan fingerprint density at radius 2 is 2.10 bits per heavy atom. The number of aliphatic carboxylic acids is 1. The number of nitrogens with one attached hydrogen (secondary N) is 2. The zero-order chi connectivity index (χ0) is 15.4. The fraction of sp³-hybridized carbons (Fsp3) is 0. The maximum Gasteiger partial charge on any atom is 0.328 e. The average molecular weight is 309 g/mol. The van der Waals surface area contributed by atoms with Gasteiger partial charge in [-0.1, -0.05) is 11.6 Å². The highest BCUT2D eigenvalue weighted by Gasteiger charge is 2.09. The van der Waals surface area contributed by atoms with Gasteiger partial charge in [-0.15, -0.1) is 0 Å². The van der Waals surface area contributed by atoms with Crippen molar-refractivity contribution >= 4 is 35.2 Å². The average Bonchev–Trinajstić information content (AvgIpc) is 2.86.